The zero-order valence-corrected chi connectivity index (χ0v) is 18.3. The van der Waals surface area contributed by atoms with E-state index in [-0.39, 0.29) is 5.97 Å². The van der Waals surface area contributed by atoms with Gasteiger partial charge in [0.15, 0.2) is 0 Å². The van der Waals surface area contributed by atoms with Crippen molar-refractivity contribution in [2.75, 3.05) is 33.0 Å². The predicted molar refractivity (Wildman–Crippen MR) is 113 cm³/mol. The molecule has 0 N–H and O–H groups in total. The molecule has 0 unspecified atom stereocenters. The van der Waals surface area contributed by atoms with Crippen LogP contribution >= 0.6 is 0 Å². The Hall–Kier alpha value is -0.610. The van der Waals surface area contributed by atoms with Crippen molar-refractivity contribution in [1.82, 2.24) is 0 Å². The molecule has 0 heterocycles. The summed E-state index contributed by atoms with van der Waals surface area (Å²) in [7, 11) is 0. The molecule has 27 heavy (non-hydrogen) atoms. The second-order valence-electron chi connectivity index (χ2n) is 7.44. The van der Waals surface area contributed by atoms with Crippen LogP contribution in [0, 0.1) is 0 Å². The van der Waals surface area contributed by atoms with Crippen LogP contribution in [0.25, 0.3) is 0 Å². The first-order valence-corrected chi connectivity index (χ1v) is 11.6. The lowest BCUT2D eigenvalue weighted by Gasteiger charge is -2.07. The van der Waals surface area contributed by atoms with Crippen molar-refractivity contribution in [3.63, 3.8) is 0 Å². The minimum atomic E-state index is -0.0972. The van der Waals surface area contributed by atoms with Gasteiger partial charge in [0.05, 0.1) is 19.8 Å². The third-order valence-corrected chi connectivity index (χ3v) is 4.69. The molecule has 0 bridgehead atoms. The van der Waals surface area contributed by atoms with Gasteiger partial charge in [0.1, 0.15) is 0 Å². The van der Waals surface area contributed by atoms with Gasteiger partial charge in [-0.25, -0.2) is 0 Å². The number of hydrogen-bond acceptors (Lipinski definition) is 4. The Kier molecular flexibility index (Phi) is 22.9. The molecule has 0 aliphatic heterocycles. The Morgan fingerprint density at radius 1 is 0.519 bits per heavy atom. The van der Waals surface area contributed by atoms with Crippen LogP contribution in [0.3, 0.4) is 0 Å². The highest BCUT2D eigenvalue weighted by Gasteiger charge is 2.02. The molecule has 0 aromatic carbocycles. The first kappa shape index (κ1) is 26.4. The Morgan fingerprint density at radius 3 is 1.52 bits per heavy atom. The predicted octanol–water partition coefficient (Wildman–Crippen LogP) is 6.45. The van der Waals surface area contributed by atoms with E-state index in [0.29, 0.717) is 32.8 Å². The van der Waals surface area contributed by atoms with Crippen LogP contribution in [0.2, 0.25) is 0 Å². The summed E-state index contributed by atoms with van der Waals surface area (Å²) in [6.45, 7) is 7.73. The summed E-state index contributed by atoms with van der Waals surface area (Å²) in [6, 6.07) is 0. The van der Waals surface area contributed by atoms with E-state index in [9.17, 15) is 4.79 Å². The van der Waals surface area contributed by atoms with Gasteiger partial charge in [-0.3, -0.25) is 4.79 Å². The molecule has 0 radical (unpaired) electrons. The van der Waals surface area contributed by atoms with Crippen molar-refractivity contribution in [3.8, 4) is 0 Å². The third-order valence-electron chi connectivity index (χ3n) is 4.69. The molecule has 0 fully saturated rings. The van der Waals surface area contributed by atoms with Gasteiger partial charge in [-0.05, 0) is 19.3 Å². The summed E-state index contributed by atoms with van der Waals surface area (Å²) >= 11 is 0. The highest BCUT2D eigenvalue weighted by molar-refractivity contribution is 5.69. The Bertz CT molecular complexity index is 294. The fourth-order valence-corrected chi connectivity index (χ4v) is 2.94. The van der Waals surface area contributed by atoms with Crippen LogP contribution in [-0.4, -0.2) is 39.0 Å². The highest BCUT2D eigenvalue weighted by Crippen LogP contribution is 2.08. The Balaban J connectivity index is 3.10. The second-order valence-corrected chi connectivity index (χ2v) is 7.44. The van der Waals surface area contributed by atoms with Gasteiger partial charge in [0.25, 0.3) is 0 Å². The zero-order chi connectivity index (χ0) is 19.8. The van der Waals surface area contributed by atoms with Crippen LogP contribution in [0.4, 0.5) is 0 Å². The molecule has 4 heteroatoms. The maximum absolute atomic E-state index is 11.6. The normalized spacial score (nSPS) is 11.0. The first-order chi connectivity index (χ1) is 13.3. The number of carbonyl (C=O) groups excluding carboxylic acids is 1. The lowest BCUT2D eigenvalue weighted by Crippen LogP contribution is -2.09. The average molecular weight is 387 g/mol. The van der Waals surface area contributed by atoms with E-state index < -0.39 is 0 Å². The van der Waals surface area contributed by atoms with E-state index in [2.05, 4.69) is 13.8 Å². The molecule has 0 spiro atoms. The van der Waals surface area contributed by atoms with E-state index in [1.54, 1.807) is 0 Å². The van der Waals surface area contributed by atoms with E-state index in [1.165, 1.54) is 64.2 Å². The largest absolute Gasteiger partial charge is 0.466 e. The number of carbonyl (C=O) groups is 1. The van der Waals surface area contributed by atoms with Crippen molar-refractivity contribution >= 4 is 5.97 Å². The molecule has 0 saturated heterocycles. The number of hydrogen-bond donors (Lipinski definition) is 0. The monoisotopic (exact) mass is 386 g/mol. The third kappa shape index (κ3) is 23.4. The molecular weight excluding hydrogens is 340 g/mol. The van der Waals surface area contributed by atoms with E-state index >= 15 is 0 Å². The number of unbranched alkanes of at least 4 members (excludes halogenated alkanes) is 11. The Morgan fingerprint density at radius 2 is 0.963 bits per heavy atom. The van der Waals surface area contributed by atoms with Crippen LogP contribution in [0.15, 0.2) is 0 Å². The molecule has 0 aliphatic rings. The van der Waals surface area contributed by atoms with E-state index in [4.69, 9.17) is 14.2 Å². The lowest BCUT2D eigenvalue weighted by atomic mass is 10.1. The molecule has 0 atom stereocenters. The molecule has 0 aromatic heterocycles. The molecule has 0 saturated carbocycles. The van der Waals surface area contributed by atoms with Crippen LogP contribution in [-0.2, 0) is 19.0 Å². The Labute approximate surface area is 168 Å². The SMILES string of the molecule is CCCCCCCCCCOCCOCCCC(=O)OCCCCCCC. The quantitative estimate of drug-likeness (QED) is 0.158. The summed E-state index contributed by atoms with van der Waals surface area (Å²) in [5.74, 6) is -0.0972. The van der Waals surface area contributed by atoms with Gasteiger partial charge in [-0.15, -0.1) is 0 Å². The molecule has 4 nitrogen and oxygen atoms in total. The summed E-state index contributed by atoms with van der Waals surface area (Å²) in [5.41, 5.74) is 0. The van der Waals surface area contributed by atoms with Crippen LogP contribution in [0.1, 0.15) is 110 Å². The molecular formula is C23H46O4. The number of esters is 1. The highest BCUT2D eigenvalue weighted by atomic mass is 16.5. The summed E-state index contributed by atoms with van der Waals surface area (Å²) in [4.78, 5) is 11.6. The average Bonchev–Trinajstić information content (AvgIpc) is 2.67. The standard InChI is InChI=1S/C23H46O4/c1-3-5-7-9-10-11-13-14-18-25-21-22-26-19-16-17-23(24)27-20-15-12-8-6-4-2/h3-22H2,1-2H3. The van der Waals surface area contributed by atoms with Crippen LogP contribution < -0.4 is 0 Å². The minimum absolute atomic E-state index is 0.0972. The van der Waals surface area contributed by atoms with Gasteiger partial charge < -0.3 is 14.2 Å². The number of ether oxygens (including phenoxy) is 3. The van der Waals surface area contributed by atoms with Crippen molar-refractivity contribution in [2.24, 2.45) is 0 Å². The smallest absolute Gasteiger partial charge is 0.305 e. The van der Waals surface area contributed by atoms with Gasteiger partial charge in [-0.1, -0.05) is 84.5 Å². The minimum Gasteiger partial charge on any atom is -0.466 e. The molecule has 0 aliphatic carbocycles. The van der Waals surface area contributed by atoms with Crippen LogP contribution in [0.5, 0.6) is 0 Å². The summed E-state index contributed by atoms with van der Waals surface area (Å²) in [5, 5.41) is 0. The maximum atomic E-state index is 11.6. The van der Waals surface area contributed by atoms with Gasteiger partial charge in [0, 0.05) is 19.6 Å². The first-order valence-electron chi connectivity index (χ1n) is 11.6. The summed E-state index contributed by atoms with van der Waals surface area (Å²) < 4.78 is 16.3. The lowest BCUT2D eigenvalue weighted by molar-refractivity contribution is -0.144. The summed E-state index contributed by atoms with van der Waals surface area (Å²) in [6.07, 6.45) is 17.7. The topological polar surface area (TPSA) is 44.8 Å². The zero-order valence-electron chi connectivity index (χ0n) is 18.3. The van der Waals surface area contributed by atoms with Gasteiger partial charge in [0.2, 0.25) is 0 Å². The molecule has 0 amide bonds. The second kappa shape index (κ2) is 23.4. The van der Waals surface area contributed by atoms with E-state index in [1.807, 2.05) is 0 Å². The van der Waals surface area contributed by atoms with Crippen molar-refractivity contribution in [1.29, 1.82) is 0 Å². The van der Waals surface area contributed by atoms with Gasteiger partial charge >= 0.3 is 5.97 Å². The fraction of sp³-hybridized carbons (Fsp3) is 0.957. The van der Waals surface area contributed by atoms with Crippen molar-refractivity contribution in [2.45, 2.75) is 110 Å². The van der Waals surface area contributed by atoms with Gasteiger partial charge in [-0.2, -0.15) is 0 Å². The maximum Gasteiger partial charge on any atom is 0.305 e. The molecule has 0 rings (SSSR count). The molecule has 162 valence electrons. The molecule has 0 aromatic rings. The van der Waals surface area contributed by atoms with Crippen molar-refractivity contribution < 1.29 is 19.0 Å². The number of rotatable bonds is 22. The van der Waals surface area contributed by atoms with Crippen molar-refractivity contribution in [3.05, 3.63) is 0 Å². The fourth-order valence-electron chi connectivity index (χ4n) is 2.94. The van der Waals surface area contributed by atoms with E-state index in [0.717, 1.165) is 32.3 Å².